The van der Waals surface area contributed by atoms with E-state index in [1.165, 1.54) is 6.92 Å². The molecular formula is C18H30O13. The van der Waals surface area contributed by atoms with Crippen molar-refractivity contribution in [3.8, 4) is 0 Å². The van der Waals surface area contributed by atoms with Crippen molar-refractivity contribution < 1.29 is 64.2 Å². The third-order valence-corrected chi connectivity index (χ3v) is 4.88. The first kappa shape index (κ1) is 26.0. The minimum atomic E-state index is -1.75. The van der Waals surface area contributed by atoms with E-state index < -0.39 is 74.0 Å². The molecule has 10 atom stereocenters. The number of esters is 1. The Bertz CT molecular complexity index is 599. The molecule has 2 aliphatic heterocycles. The van der Waals surface area contributed by atoms with Crippen LogP contribution < -0.4 is 0 Å². The molecule has 2 heterocycles. The van der Waals surface area contributed by atoms with Crippen LogP contribution in [0.15, 0.2) is 12.2 Å². The van der Waals surface area contributed by atoms with E-state index in [9.17, 15) is 40.5 Å². The molecule has 0 aromatic carbocycles. The summed E-state index contributed by atoms with van der Waals surface area (Å²) in [5, 5.41) is 69.2. The molecule has 2 aliphatic rings. The lowest BCUT2D eigenvalue weighted by Gasteiger charge is -2.44. The Balaban J connectivity index is 1.91. The molecule has 13 nitrogen and oxygen atoms in total. The van der Waals surface area contributed by atoms with Crippen molar-refractivity contribution in [1.82, 2.24) is 0 Å². The SMILES string of the molecule is C=C(C)C(=O)OCCOC[C@H]1O[C@H](OC2O[C@H](CO)[C@@H](O)[C@H](O)[C@H]2O)[C@H](O)[C@@H](O)[C@@H]1O. The van der Waals surface area contributed by atoms with Crippen molar-refractivity contribution >= 4 is 5.97 Å². The number of aliphatic hydroxyl groups is 7. The van der Waals surface area contributed by atoms with E-state index in [0.717, 1.165) is 0 Å². The molecule has 0 aromatic rings. The highest BCUT2D eigenvalue weighted by molar-refractivity contribution is 5.86. The van der Waals surface area contributed by atoms with Crippen LogP contribution in [0.1, 0.15) is 6.92 Å². The van der Waals surface area contributed by atoms with Crippen molar-refractivity contribution in [2.45, 2.75) is 68.3 Å². The highest BCUT2D eigenvalue weighted by Crippen LogP contribution is 2.28. The molecule has 13 heteroatoms. The number of ether oxygens (including phenoxy) is 5. The summed E-state index contributed by atoms with van der Waals surface area (Å²) in [6.45, 7) is 3.80. The summed E-state index contributed by atoms with van der Waals surface area (Å²) in [7, 11) is 0. The summed E-state index contributed by atoms with van der Waals surface area (Å²) in [5.74, 6) is -0.593. The maximum atomic E-state index is 11.3. The van der Waals surface area contributed by atoms with Gasteiger partial charge in [-0.05, 0) is 6.92 Å². The van der Waals surface area contributed by atoms with Gasteiger partial charge in [0.2, 0.25) is 0 Å². The fraction of sp³-hybridized carbons (Fsp3) is 0.833. The summed E-state index contributed by atoms with van der Waals surface area (Å²) < 4.78 is 26.0. The summed E-state index contributed by atoms with van der Waals surface area (Å²) >= 11 is 0. The number of carbonyl (C=O) groups excluding carboxylic acids is 1. The third-order valence-electron chi connectivity index (χ3n) is 4.88. The molecule has 2 rings (SSSR count). The van der Waals surface area contributed by atoms with E-state index in [0.29, 0.717) is 0 Å². The smallest absolute Gasteiger partial charge is 0.333 e. The maximum Gasteiger partial charge on any atom is 0.333 e. The van der Waals surface area contributed by atoms with Crippen molar-refractivity contribution in [1.29, 1.82) is 0 Å². The monoisotopic (exact) mass is 454 g/mol. The van der Waals surface area contributed by atoms with Gasteiger partial charge in [-0.1, -0.05) is 6.58 Å². The van der Waals surface area contributed by atoms with Gasteiger partial charge in [-0.2, -0.15) is 0 Å². The van der Waals surface area contributed by atoms with Crippen LogP contribution in [0.4, 0.5) is 0 Å². The van der Waals surface area contributed by atoms with Crippen LogP contribution in [-0.4, -0.2) is 130 Å². The highest BCUT2D eigenvalue weighted by Gasteiger charge is 2.49. The molecule has 180 valence electrons. The van der Waals surface area contributed by atoms with Gasteiger partial charge in [0, 0.05) is 5.57 Å². The van der Waals surface area contributed by atoms with Crippen molar-refractivity contribution in [3.63, 3.8) is 0 Å². The molecule has 1 unspecified atom stereocenters. The number of carbonyl (C=O) groups is 1. The Labute approximate surface area is 178 Å². The second kappa shape index (κ2) is 11.6. The number of hydrogen-bond donors (Lipinski definition) is 7. The van der Waals surface area contributed by atoms with Gasteiger partial charge in [-0.25, -0.2) is 4.79 Å². The molecule has 0 radical (unpaired) electrons. The lowest BCUT2D eigenvalue weighted by Crippen LogP contribution is -2.63. The van der Waals surface area contributed by atoms with Crippen molar-refractivity contribution in [2.75, 3.05) is 26.4 Å². The van der Waals surface area contributed by atoms with Crippen LogP contribution in [0.3, 0.4) is 0 Å². The minimum absolute atomic E-state index is 0.0531. The zero-order chi connectivity index (χ0) is 23.3. The Hall–Kier alpha value is -1.23. The van der Waals surface area contributed by atoms with Crippen LogP contribution in [0.25, 0.3) is 0 Å². The van der Waals surface area contributed by atoms with E-state index in [4.69, 9.17) is 23.7 Å². The molecule has 0 spiro atoms. The molecule has 0 amide bonds. The Kier molecular flexibility index (Phi) is 9.72. The van der Waals surface area contributed by atoms with E-state index in [1.807, 2.05) is 0 Å². The second-order valence-electron chi connectivity index (χ2n) is 7.34. The zero-order valence-electron chi connectivity index (χ0n) is 16.9. The molecule has 0 aliphatic carbocycles. The van der Waals surface area contributed by atoms with Crippen LogP contribution in [0.2, 0.25) is 0 Å². The van der Waals surface area contributed by atoms with Gasteiger partial charge in [-0.3, -0.25) is 0 Å². The summed E-state index contributed by atoms with van der Waals surface area (Å²) in [4.78, 5) is 11.3. The molecular weight excluding hydrogens is 424 g/mol. The predicted molar refractivity (Wildman–Crippen MR) is 98.1 cm³/mol. The van der Waals surface area contributed by atoms with Gasteiger partial charge in [-0.15, -0.1) is 0 Å². The number of aliphatic hydroxyl groups excluding tert-OH is 7. The first-order chi connectivity index (χ1) is 14.6. The molecule has 2 saturated heterocycles. The second-order valence-corrected chi connectivity index (χ2v) is 7.34. The Morgan fingerprint density at radius 1 is 0.839 bits per heavy atom. The van der Waals surface area contributed by atoms with Crippen molar-refractivity contribution in [3.05, 3.63) is 12.2 Å². The average Bonchev–Trinajstić information content (AvgIpc) is 2.74. The van der Waals surface area contributed by atoms with E-state index >= 15 is 0 Å². The van der Waals surface area contributed by atoms with Gasteiger partial charge in [0.25, 0.3) is 0 Å². The molecule has 31 heavy (non-hydrogen) atoms. The molecule has 2 fully saturated rings. The van der Waals surface area contributed by atoms with Gasteiger partial charge < -0.3 is 59.4 Å². The van der Waals surface area contributed by atoms with Crippen LogP contribution >= 0.6 is 0 Å². The van der Waals surface area contributed by atoms with Gasteiger partial charge in [0.05, 0.1) is 19.8 Å². The van der Waals surface area contributed by atoms with Crippen LogP contribution in [0.5, 0.6) is 0 Å². The fourth-order valence-corrected chi connectivity index (χ4v) is 2.99. The Morgan fingerprint density at radius 2 is 1.35 bits per heavy atom. The standard InChI is InChI=1S/C18H30O13/c1-7(2)16(26)28-4-3-27-6-9-11(21)13(23)15(25)18(30-9)31-17-14(24)12(22)10(20)8(5-19)29-17/h8-15,17-25H,1,3-6H2,2H3/t8-,9-,10-,11-,12+,13+,14-,15-,17?,18-/m1/s1. The summed E-state index contributed by atoms with van der Waals surface area (Å²) in [5.41, 5.74) is 0.219. The maximum absolute atomic E-state index is 11.3. The summed E-state index contributed by atoms with van der Waals surface area (Å²) in [6.07, 6.45) is -15.8. The normalized spacial score (nSPS) is 41.0. The van der Waals surface area contributed by atoms with E-state index in [2.05, 4.69) is 6.58 Å². The highest BCUT2D eigenvalue weighted by atomic mass is 16.8. The van der Waals surface area contributed by atoms with E-state index in [1.54, 1.807) is 0 Å². The molecule has 0 aromatic heterocycles. The lowest BCUT2D eigenvalue weighted by atomic mass is 9.98. The van der Waals surface area contributed by atoms with Gasteiger partial charge >= 0.3 is 5.97 Å². The number of rotatable bonds is 9. The topological polar surface area (TPSA) is 205 Å². The molecule has 7 N–H and O–H groups in total. The fourth-order valence-electron chi connectivity index (χ4n) is 2.99. The first-order valence-corrected chi connectivity index (χ1v) is 9.64. The van der Waals surface area contributed by atoms with Crippen molar-refractivity contribution in [2.24, 2.45) is 0 Å². The quantitative estimate of drug-likeness (QED) is 0.100. The van der Waals surface area contributed by atoms with Gasteiger partial charge in [0.15, 0.2) is 12.6 Å². The molecule has 0 bridgehead atoms. The number of hydrogen-bond acceptors (Lipinski definition) is 13. The first-order valence-electron chi connectivity index (χ1n) is 9.64. The Morgan fingerprint density at radius 3 is 1.87 bits per heavy atom. The van der Waals surface area contributed by atoms with E-state index in [-0.39, 0.29) is 25.4 Å². The largest absolute Gasteiger partial charge is 0.460 e. The predicted octanol–water partition coefficient (Wildman–Crippen LogP) is -4.25. The van der Waals surface area contributed by atoms with Crippen LogP contribution in [-0.2, 0) is 28.5 Å². The third kappa shape index (κ3) is 6.40. The average molecular weight is 454 g/mol. The van der Waals surface area contributed by atoms with Gasteiger partial charge in [0.1, 0.15) is 55.4 Å². The molecule has 0 saturated carbocycles. The van der Waals surface area contributed by atoms with Crippen LogP contribution in [0, 0.1) is 0 Å². The lowest BCUT2D eigenvalue weighted by molar-refractivity contribution is -0.377. The summed E-state index contributed by atoms with van der Waals surface area (Å²) in [6, 6.07) is 0. The zero-order valence-corrected chi connectivity index (χ0v) is 16.9. The minimum Gasteiger partial charge on any atom is -0.460 e.